The minimum Gasteiger partial charge on any atom is -0.375 e. The SMILES string of the molecule is CN1CN(CCCCCCCCCCCNC(=O)C(N)COCc2ccccc2)c2c1c(=O)[nH]c(=O)n2C. The summed E-state index contributed by atoms with van der Waals surface area (Å²) in [6.07, 6.45) is 10.2. The van der Waals surface area contributed by atoms with Gasteiger partial charge in [0.25, 0.3) is 5.56 Å². The molecule has 0 spiro atoms. The molecule has 0 bridgehead atoms. The van der Waals surface area contributed by atoms with E-state index in [1.165, 1.54) is 36.7 Å². The predicted octanol–water partition coefficient (Wildman–Crippen LogP) is 2.46. The molecule has 2 aromatic rings. The molecule has 3 rings (SSSR count). The molecule has 1 aromatic carbocycles. The summed E-state index contributed by atoms with van der Waals surface area (Å²) in [5.74, 6) is 0.562. The Morgan fingerprint density at radius 1 is 1.00 bits per heavy atom. The average molecular weight is 529 g/mol. The lowest BCUT2D eigenvalue weighted by molar-refractivity contribution is -0.123. The average Bonchev–Trinajstić information content (AvgIpc) is 3.24. The zero-order chi connectivity index (χ0) is 27.3. The van der Waals surface area contributed by atoms with Gasteiger partial charge in [0.2, 0.25) is 5.91 Å². The van der Waals surface area contributed by atoms with Crippen molar-refractivity contribution in [2.45, 2.75) is 70.4 Å². The zero-order valence-electron chi connectivity index (χ0n) is 22.9. The van der Waals surface area contributed by atoms with E-state index in [0.29, 0.717) is 25.5 Å². The fraction of sp³-hybridized carbons (Fsp3) is 0.607. The number of hydrogen-bond donors (Lipinski definition) is 3. The molecule has 0 aliphatic carbocycles. The van der Waals surface area contributed by atoms with Crippen LogP contribution in [0.1, 0.15) is 63.4 Å². The molecule has 1 atom stereocenters. The summed E-state index contributed by atoms with van der Waals surface area (Å²) in [4.78, 5) is 42.6. The van der Waals surface area contributed by atoms with Crippen LogP contribution in [-0.4, -0.2) is 54.9 Å². The molecular formula is C28H44N6O4. The number of aromatic amines is 1. The first-order valence-electron chi connectivity index (χ1n) is 13.8. The van der Waals surface area contributed by atoms with Gasteiger partial charge in [-0.3, -0.25) is 19.1 Å². The standard InChI is InChI=1S/C28H44N6O4/c1-32-21-34(27-24(32)26(36)31-28(37)33(27)2)18-14-9-7-5-3-4-6-8-13-17-30-25(35)23(29)20-38-19-22-15-11-10-12-16-22/h10-12,15-16,23H,3-9,13-14,17-21,29H2,1-2H3,(H,30,35)(H,31,36,37). The molecule has 1 amide bonds. The number of nitrogens with one attached hydrogen (secondary N) is 2. The van der Waals surface area contributed by atoms with E-state index in [2.05, 4.69) is 15.2 Å². The number of hydrogen-bond acceptors (Lipinski definition) is 7. The van der Waals surface area contributed by atoms with Crippen LogP contribution in [0.15, 0.2) is 39.9 Å². The highest BCUT2D eigenvalue weighted by Gasteiger charge is 2.29. The van der Waals surface area contributed by atoms with Gasteiger partial charge >= 0.3 is 5.69 Å². The number of ether oxygens (including phenoxy) is 1. The molecule has 1 aromatic heterocycles. The molecular weight excluding hydrogens is 484 g/mol. The van der Waals surface area contributed by atoms with Crippen molar-refractivity contribution in [2.24, 2.45) is 12.8 Å². The van der Waals surface area contributed by atoms with Gasteiger partial charge in [0, 0.05) is 27.2 Å². The monoisotopic (exact) mass is 528 g/mol. The third kappa shape index (κ3) is 8.73. The number of H-pyrrole nitrogens is 1. The second kappa shape index (κ2) is 15.3. The van der Waals surface area contributed by atoms with Gasteiger partial charge in [0.15, 0.2) is 0 Å². The minimum absolute atomic E-state index is 0.156. The fourth-order valence-electron chi connectivity index (χ4n) is 4.83. The fourth-order valence-corrected chi connectivity index (χ4v) is 4.83. The molecule has 0 radical (unpaired) electrons. The number of benzene rings is 1. The molecule has 38 heavy (non-hydrogen) atoms. The highest BCUT2D eigenvalue weighted by Crippen LogP contribution is 2.29. The molecule has 0 fully saturated rings. The largest absolute Gasteiger partial charge is 0.375 e. The summed E-state index contributed by atoms with van der Waals surface area (Å²) >= 11 is 0. The highest BCUT2D eigenvalue weighted by atomic mass is 16.5. The Morgan fingerprint density at radius 2 is 1.63 bits per heavy atom. The molecule has 10 heteroatoms. The van der Waals surface area contributed by atoms with Gasteiger partial charge in [-0.05, 0) is 18.4 Å². The first-order valence-corrected chi connectivity index (χ1v) is 13.8. The number of amides is 1. The number of carbonyl (C=O) groups is 1. The molecule has 210 valence electrons. The van der Waals surface area contributed by atoms with E-state index in [4.69, 9.17) is 10.5 Å². The van der Waals surface area contributed by atoms with Crippen LogP contribution in [0.2, 0.25) is 0 Å². The molecule has 1 unspecified atom stereocenters. The summed E-state index contributed by atoms with van der Waals surface area (Å²) in [6, 6.07) is 9.19. The topological polar surface area (TPSA) is 126 Å². The van der Waals surface area contributed by atoms with Crippen molar-refractivity contribution in [1.82, 2.24) is 14.9 Å². The van der Waals surface area contributed by atoms with Gasteiger partial charge < -0.3 is 25.6 Å². The second-order valence-corrected chi connectivity index (χ2v) is 10.2. The van der Waals surface area contributed by atoms with Crippen molar-refractivity contribution in [3.63, 3.8) is 0 Å². The maximum atomic E-state index is 12.2. The van der Waals surface area contributed by atoms with Gasteiger partial charge in [0.1, 0.15) is 17.5 Å². The van der Waals surface area contributed by atoms with Gasteiger partial charge in [-0.15, -0.1) is 0 Å². The Morgan fingerprint density at radius 3 is 2.32 bits per heavy atom. The van der Waals surface area contributed by atoms with Crippen LogP contribution in [0.5, 0.6) is 0 Å². The van der Waals surface area contributed by atoms with Gasteiger partial charge in [-0.25, -0.2) is 4.79 Å². The number of anilines is 2. The zero-order valence-corrected chi connectivity index (χ0v) is 22.9. The normalized spacial score (nSPS) is 13.6. The number of carbonyl (C=O) groups excluding carboxylic acids is 1. The third-order valence-electron chi connectivity index (χ3n) is 6.98. The molecule has 1 aliphatic rings. The first kappa shape index (κ1) is 29.4. The van der Waals surface area contributed by atoms with Gasteiger partial charge in [-0.2, -0.15) is 0 Å². The van der Waals surface area contributed by atoms with Crippen molar-refractivity contribution in [3.05, 3.63) is 56.7 Å². The van der Waals surface area contributed by atoms with Crippen molar-refractivity contribution in [3.8, 4) is 0 Å². The van der Waals surface area contributed by atoms with E-state index in [1.807, 2.05) is 42.3 Å². The van der Waals surface area contributed by atoms with Crippen molar-refractivity contribution in [2.75, 3.05) is 43.2 Å². The van der Waals surface area contributed by atoms with E-state index in [-0.39, 0.29) is 23.8 Å². The Balaban J connectivity index is 1.15. The van der Waals surface area contributed by atoms with Crippen LogP contribution in [0.3, 0.4) is 0 Å². The Labute approximate surface area is 225 Å². The van der Waals surface area contributed by atoms with Crippen molar-refractivity contribution in [1.29, 1.82) is 0 Å². The maximum absolute atomic E-state index is 12.2. The van der Waals surface area contributed by atoms with Crippen molar-refractivity contribution >= 4 is 17.4 Å². The van der Waals surface area contributed by atoms with Crippen LogP contribution < -0.4 is 32.1 Å². The van der Waals surface area contributed by atoms with E-state index in [1.54, 1.807) is 7.05 Å². The van der Waals surface area contributed by atoms with Crippen molar-refractivity contribution < 1.29 is 9.53 Å². The summed E-state index contributed by atoms with van der Waals surface area (Å²) < 4.78 is 7.08. The van der Waals surface area contributed by atoms with E-state index < -0.39 is 6.04 Å². The smallest absolute Gasteiger partial charge is 0.329 e. The first-order chi connectivity index (χ1) is 18.4. The Bertz CT molecular complexity index is 1120. The van der Waals surface area contributed by atoms with Crippen LogP contribution in [0, 0.1) is 0 Å². The number of nitrogens with zero attached hydrogens (tertiary/aromatic N) is 3. The number of rotatable bonds is 17. The van der Waals surface area contributed by atoms with Gasteiger partial charge in [-0.1, -0.05) is 75.3 Å². The summed E-state index contributed by atoms with van der Waals surface area (Å²) in [7, 11) is 3.58. The Kier molecular flexibility index (Phi) is 11.9. The third-order valence-corrected chi connectivity index (χ3v) is 6.98. The Hall–Kier alpha value is -3.11. The summed E-state index contributed by atoms with van der Waals surface area (Å²) in [5, 5.41) is 2.91. The molecule has 0 saturated heterocycles. The summed E-state index contributed by atoms with van der Waals surface area (Å²) in [5.41, 5.74) is 6.87. The second-order valence-electron chi connectivity index (χ2n) is 10.2. The van der Waals surface area contributed by atoms with E-state index >= 15 is 0 Å². The minimum atomic E-state index is -0.644. The van der Waals surface area contributed by atoms with Crippen LogP contribution in [-0.2, 0) is 23.2 Å². The molecule has 2 heterocycles. The lowest BCUT2D eigenvalue weighted by atomic mass is 10.1. The molecule has 1 aliphatic heterocycles. The number of nitrogens with two attached hydrogens (primary N) is 1. The summed E-state index contributed by atoms with van der Waals surface area (Å²) in [6.45, 7) is 2.78. The number of fused-ring (bicyclic) bond motifs is 1. The maximum Gasteiger partial charge on any atom is 0.329 e. The van der Waals surface area contributed by atoms with Gasteiger partial charge in [0.05, 0.1) is 19.9 Å². The van der Waals surface area contributed by atoms with Crippen LogP contribution in [0.4, 0.5) is 11.5 Å². The van der Waals surface area contributed by atoms with E-state index in [9.17, 15) is 14.4 Å². The number of aromatic nitrogens is 2. The number of unbranched alkanes of at least 4 members (excludes halogenated alkanes) is 8. The van der Waals surface area contributed by atoms with Crippen LogP contribution in [0.25, 0.3) is 0 Å². The molecule has 4 N–H and O–H groups in total. The molecule has 0 saturated carbocycles. The van der Waals surface area contributed by atoms with Crippen LogP contribution >= 0.6 is 0 Å². The lowest BCUT2D eigenvalue weighted by Gasteiger charge is -2.20. The lowest BCUT2D eigenvalue weighted by Crippen LogP contribution is -2.43. The molecule has 10 nitrogen and oxygen atoms in total. The quantitative estimate of drug-likeness (QED) is 0.269. The highest BCUT2D eigenvalue weighted by molar-refractivity contribution is 5.81. The van der Waals surface area contributed by atoms with E-state index in [0.717, 1.165) is 43.6 Å². The predicted molar refractivity (Wildman–Crippen MR) is 152 cm³/mol.